The monoisotopic (exact) mass is 322 g/mol. The van der Waals surface area contributed by atoms with Crippen LogP contribution in [0.1, 0.15) is 24.3 Å². The van der Waals surface area contributed by atoms with Crippen LogP contribution in [0.4, 0.5) is 4.79 Å². The molecule has 2 aliphatic heterocycles. The molecule has 2 saturated heterocycles. The molecule has 0 radical (unpaired) electrons. The summed E-state index contributed by atoms with van der Waals surface area (Å²) in [6.45, 7) is 4.34. The van der Waals surface area contributed by atoms with E-state index in [0.717, 1.165) is 25.9 Å². The third-order valence-corrected chi connectivity index (χ3v) is 4.38. The maximum atomic E-state index is 12.3. The molecule has 1 aromatic heterocycles. The van der Waals surface area contributed by atoms with E-state index in [0.29, 0.717) is 24.5 Å². The van der Waals surface area contributed by atoms with Gasteiger partial charge in [0, 0.05) is 26.0 Å². The van der Waals surface area contributed by atoms with Crippen molar-refractivity contribution >= 4 is 12.0 Å². The van der Waals surface area contributed by atoms with E-state index in [2.05, 4.69) is 10.5 Å². The van der Waals surface area contributed by atoms with Gasteiger partial charge in [0.05, 0.1) is 13.1 Å². The Labute approximate surface area is 134 Å². The first-order valence-electron chi connectivity index (χ1n) is 7.82. The minimum absolute atomic E-state index is 0.0291. The third-order valence-electron chi connectivity index (χ3n) is 4.38. The van der Waals surface area contributed by atoms with Gasteiger partial charge in [0.2, 0.25) is 5.91 Å². The van der Waals surface area contributed by atoms with Crippen LogP contribution in [-0.2, 0) is 16.1 Å². The van der Waals surface area contributed by atoms with Crippen LogP contribution < -0.4 is 5.32 Å². The van der Waals surface area contributed by atoms with Crippen molar-refractivity contribution in [3.05, 3.63) is 17.5 Å². The lowest BCUT2D eigenvalue weighted by atomic mass is 9.92. The van der Waals surface area contributed by atoms with Crippen LogP contribution in [0.2, 0.25) is 0 Å². The quantitative estimate of drug-likeness (QED) is 0.869. The molecule has 126 valence electrons. The Bertz CT molecular complexity index is 594. The predicted octanol–water partition coefficient (Wildman–Crippen LogP) is 0.516. The minimum atomic E-state index is -0.426. The molecule has 8 heteroatoms. The molecule has 1 spiro atoms. The van der Waals surface area contributed by atoms with Crippen molar-refractivity contribution in [1.29, 1.82) is 0 Å². The van der Waals surface area contributed by atoms with Gasteiger partial charge >= 0.3 is 6.09 Å². The van der Waals surface area contributed by atoms with Gasteiger partial charge in [0.1, 0.15) is 23.6 Å². The number of ether oxygens (including phenoxy) is 1. The highest BCUT2D eigenvalue weighted by Crippen LogP contribution is 2.30. The molecule has 1 N–H and O–H groups in total. The average Bonchev–Trinajstić information content (AvgIpc) is 3.04. The molecular formula is C15H22N4O4. The lowest BCUT2D eigenvalue weighted by Crippen LogP contribution is -2.46. The predicted molar refractivity (Wildman–Crippen MR) is 80.6 cm³/mol. The lowest BCUT2D eigenvalue weighted by Gasteiger charge is -2.31. The van der Waals surface area contributed by atoms with E-state index >= 15 is 0 Å². The summed E-state index contributed by atoms with van der Waals surface area (Å²) in [4.78, 5) is 27.4. The van der Waals surface area contributed by atoms with Gasteiger partial charge in [-0.05, 0) is 20.0 Å². The smallest absolute Gasteiger partial charge is 0.410 e. The zero-order chi connectivity index (χ0) is 16.4. The summed E-state index contributed by atoms with van der Waals surface area (Å²) in [5, 5.41) is 7.13. The molecule has 8 nitrogen and oxygen atoms in total. The number of carbonyl (C=O) groups is 2. The van der Waals surface area contributed by atoms with Gasteiger partial charge < -0.3 is 19.5 Å². The van der Waals surface area contributed by atoms with Crippen LogP contribution in [0, 0.1) is 6.92 Å². The van der Waals surface area contributed by atoms with Crippen molar-refractivity contribution in [3.63, 3.8) is 0 Å². The number of amides is 2. The SMILES string of the molecule is Cc1cc(CN(C)C(=O)CN2CC3(CCNCC3)OC2=O)no1. The Hall–Kier alpha value is -2.09. The van der Waals surface area contributed by atoms with Crippen molar-refractivity contribution in [1.82, 2.24) is 20.3 Å². The summed E-state index contributed by atoms with van der Waals surface area (Å²) in [5.74, 6) is 0.561. The second-order valence-corrected chi connectivity index (χ2v) is 6.34. The maximum Gasteiger partial charge on any atom is 0.410 e. The van der Waals surface area contributed by atoms with Crippen LogP contribution in [-0.4, -0.2) is 65.8 Å². The Balaban J connectivity index is 1.55. The highest BCUT2D eigenvalue weighted by atomic mass is 16.6. The van der Waals surface area contributed by atoms with E-state index in [1.807, 2.05) is 0 Å². The molecule has 2 amide bonds. The van der Waals surface area contributed by atoms with Crippen LogP contribution in [0.5, 0.6) is 0 Å². The zero-order valence-corrected chi connectivity index (χ0v) is 13.5. The molecule has 0 bridgehead atoms. The number of aryl methyl sites for hydroxylation is 1. The largest absolute Gasteiger partial charge is 0.441 e. The molecule has 0 saturated carbocycles. The standard InChI is InChI=1S/C15H22N4O4/c1-11-7-12(17-23-11)8-18(2)13(20)9-19-10-15(22-14(19)21)3-5-16-6-4-15/h7,16H,3-6,8-10H2,1-2H3. The lowest BCUT2D eigenvalue weighted by molar-refractivity contribution is -0.131. The third kappa shape index (κ3) is 3.47. The Morgan fingerprint density at radius 3 is 2.87 bits per heavy atom. The molecular weight excluding hydrogens is 300 g/mol. The van der Waals surface area contributed by atoms with Gasteiger partial charge in [-0.15, -0.1) is 0 Å². The molecule has 0 atom stereocenters. The summed E-state index contributed by atoms with van der Waals surface area (Å²) in [6, 6.07) is 1.79. The van der Waals surface area contributed by atoms with E-state index in [1.54, 1.807) is 20.0 Å². The molecule has 0 unspecified atom stereocenters. The van der Waals surface area contributed by atoms with Crippen molar-refractivity contribution in [2.24, 2.45) is 0 Å². The molecule has 23 heavy (non-hydrogen) atoms. The van der Waals surface area contributed by atoms with E-state index in [4.69, 9.17) is 9.26 Å². The first-order chi connectivity index (χ1) is 11.0. The topological polar surface area (TPSA) is 87.9 Å². The summed E-state index contributed by atoms with van der Waals surface area (Å²) in [6.07, 6.45) is 1.18. The molecule has 2 fully saturated rings. The van der Waals surface area contributed by atoms with Crippen LogP contribution in [0.15, 0.2) is 10.6 Å². The van der Waals surface area contributed by atoms with Crippen molar-refractivity contribution in [3.8, 4) is 0 Å². The fourth-order valence-corrected chi connectivity index (χ4v) is 3.07. The molecule has 0 aliphatic carbocycles. The second-order valence-electron chi connectivity index (χ2n) is 6.34. The highest BCUT2D eigenvalue weighted by Gasteiger charge is 2.46. The number of nitrogens with zero attached hydrogens (tertiary/aromatic N) is 3. The van der Waals surface area contributed by atoms with Gasteiger partial charge in [0.15, 0.2) is 0 Å². The first kappa shape index (κ1) is 15.8. The van der Waals surface area contributed by atoms with E-state index in [9.17, 15) is 9.59 Å². The summed E-state index contributed by atoms with van der Waals surface area (Å²) in [5.41, 5.74) is 0.266. The van der Waals surface area contributed by atoms with Crippen molar-refractivity contribution < 1.29 is 18.8 Å². The number of aromatic nitrogens is 1. The fourth-order valence-electron chi connectivity index (χ4n) is 3.07. The number of carbonyl (C=O) groups excluding carboxylic acids is 2. The normalized spacial score (nSPS) is 19.9. The minimum Gasteiger partial charge on any atom is -0.441 e. The highest BCUT2D eigenvalue weighted by molar-refractivity contribution is 5.83. The van der Waals surface area contributed by atoms with Gasteiger partial charge in [-0.2, -0.15) is 0 Å². The van der Waals surface area contributed by atoms with Crippen molar-refractivity contribution in [2.45, 2.75) is 31.9 Å². The van der Waals surface area contributed by atoms with Crippen LogP contribution >= 0.6 is 0 Å². The van der Waals surface area contributed by atoms with Gasteiger partial charge in [-0.3, -0.25) is 9.69 Å². The summed E-state index contributed by atoms with van der Waals surface area (Å²) >= 11 is 0. The Morgan fingerprint density at radius 1 is 1.48 bits per heavy atom. The first-order valence-corrected chi connectivity index (χ1v) is 7.82. The number of hydrogen-bond donors (Lipinski definition) is 1. The fraction of sp³-hybridized carbons (Fsp3) is 0.667. The maximum absolute atomic E-state index is 12.3. The number of hydrogen-bond acceptors (Lipinski definition) is 6. The van der Waals surface area contributed by atoms with E-state index in [-0.39, 0.29) is 12.5 Å². The second kappa shape index (κ2) is 6.19. The summed E-state index contributed by atoms with van der Waals surface area (Å²) < 4.78 is 10.5. The number of nitrogens with one attached hydrogen (secondary N) is 1. The average molecular weight is 322 g/mol. The Morgan fingerprint density at radius 2 is 2.22 bits per heavy atom. The number of likely N-dealkylation sites (N-methyl/N-ethyl adjacent to an activating group) is 1. The van der Waals surface area contributed by atoms with Crippen LogP contribution in [0.25, 0.3) is 0 Å². The van der Waals surface area contributed by atoms with Crippen molar-refractivity contribution in [2.75, 3.05) is 33.2 Å². The number of piperidine rings is 1. The van der Waals surface area contributed by atoms with Gasteiger partial charge in [0.25, 0.3) is 0 Å². The van der Waals surface area contributed by atoms with Gasteiger partial charge in [-0.25, -0.2) is 4.79 Å². The van der Waals surface area contributed by atoms with Crippen LogP contribution in [0.3, 0.4) is 0 Å². The summed E-state index contributed by atoms with van der Waals surface area (Å²) in [7, 11) is 1.69. The van der Waals surface area contributed by atoms with E-state index in [1.165, 1.54) is 9.80 Å². The van der Waals surface area contributed by atoms with E-state index < -0.39 is 11.7 Å². The molecule has 3 rings (SSSR count). The Kier molecular flexibility index (Phi) is 4.25. The molecule has 2 aliphatic rings. The van der Waals surface area contributed by atoms with Gasteiger partial charge in [-0.1, -0.05) is 5.16 Å². The molecule has 1 aromatic rings. The zero-order valence-electron chi connectivity index (χ0n) is 13.5. The molecule has 3 heterocycles. The molecule has 0 aromatic carbocycles. The number of rotatable bonds is 4.